The van der Waals surface area contributed by atoms with E-state index in [1.165, 1.54) is 5.56 Å². The SMILES string of the molecule is CCC1CNCC(c2ccsc2)O1. The third kappa shape index (κ3) is 2.10. The van der Waals surface area contributed by atoms with E-state index in [0.29, 0.717) is 6.10 Å². The molecule has 1 aromatic rings. The lowest BCUT2D eigenvalue weighted by Gasteiger charge is -2.29. The highest BCUT2D eigenvalue weighted by Gasteiger charge is 2.21. The van der Waals surface area contributed by atoms with Crippen molar-refractivity contribution in [1.29, 1.82) is 0 Å². The van der Waals surface area contributed by atoms with E-state index in [0.717, 1.165) is 19.5 Å². The smallest absolute Gasteiger partial charge is 0.0961 e. The van der Waals surface area contributed by atoms with Gasteiger partial charge in [0.15, 0.2) is 0 Å². The maximum atomic E-state index is 5.92. The monoisotopic (exact) mass is 197 g/mol. The Hall–Kier alpha value is -0.380. The van der Waals surface area contributed by atoms with Gasteiger partial charge in [-0.3, -0.25) is 0 Å². The summed E-state index contributed by atoms with van der Waals surface area (Å²) < 4.78 is 5.92. The van der Waals surface area contributed by atoms with Crippen molar-refractivity contribution >= 4 is 11.3 Å². The van der Waals surface area contributed by atoms with Crippen LogP contribution >= 0.6 is 11.3 Å². The van der Waals surface area contributed by atoms with Crippen LogP contribution in [0.15, 0.2) is 16.8 Å². The summed E-state index contributed by atoms with van der Waals surface area (Å²) >= 11 is 1.73. The maximum absolute atomic E-state index is 5.92. The maximum Gasteiger partial charge on any atom is 0.0961 e. The molecule has 13 heavy (non-hydrogen) atoms. The van der Waals surface area contributed by atoms with E-state index in [1.807, 2.05) is 0 Å². The van der Waals surface area contributed by atoms with Gasteiger partial charge in [0.2, 0.25) is 0 Å². The van der Waals surface area contributed by atoms with Crippen molar-refractivity contribution in [3.8, 4) is 0 Å². The molecule has 3 heteroatoms. The zero-order chi connectivity index (χ0) is 9.10. The van der Waals surface area contributed by atoms with Gasteiger partial charge in [-0.1, -0.05) is 6.92 Å². The van der Waals surface area contributed by atoms with Crippen molar-refractivity contribution in [2.75, 3.05) is 13.1 Å². The molecule has 0 spiro atoms. The molecule has 2 rings (SSSR count). The van der Waals surface area contributed by atoms with Crippen LogP contribution in [0.3, 0.4) is 0 Å². The van der Waals surface area contributed by atoms with Crippen LogP contribution in [-0.4, -0.2) is 19.2 Å². The summed E-state index contributed by atoms with van der Waals surface area (Å²) in [6, 6.07) is 2.15. The zero-order valence-electron chi connectivity index (χ0n) is 7.82. The molecule has 0 aliphatic carbocycles. The third-order valence-electron chi connectivity index (χ3n) is 2.43. The van der Waals surface area contributed by atoms with E-state index in [9.17, 15) is 0 Å². The van der Waals surface area contributed by atoms with Crippen LogP contribution in [0.1, 0.15) is 25.0 Å². The minimum Gasteiger partial charge on any atom is -0.368 e. The van der Waals surface area contributed by atoms with Crippen LogP contribution in [0.25, 0.3) is 0 Å². The summed E-state index contributed by atoms with van der Waals surface area (Å²) in [6.07, 6.45) is 1.75. The van der Waals surface area contributed by atoms with Crippen molar-refractivity contribution in [1.82, 2.24) is 5.32 Å². The fraction of sp³-hybridized carbons (Fsp3) is 0.600. The van der Waals surface area contributed by atoms with E-state index in [1.54, 1.807) is 11.3 Å². The molecular formula is C10H15NOS. The molecule has 1 aromatic heterocycles. The van der Waals surface area contributed by atoms with Gasteiger partial charge in [0.25, 0.3) is 0 Å². The Morgan fingerprint density at radius 2 is 2.54 bits per heavy atom. The average molecular weight is 197 g/mol. The van der Waals surface area contributed by atoms with Gasteiger partial charge >= 0.3 is 0 Å². The van der Waals surface area contributed by atoms with Gasteiger partial charge < -0.3 is 10.1 Å². The second-order valence-corrected chi connectivity index (χ2v) is 4.15. The summed E-state index contributed by atoms with van der Waals surface area (Å²) in [6.45, 7) is 4.12. The standard InChI is InChI=1S/C10H15NOS/c1-2-9-5-11-6-10(12-9)8-3-4-13-7-8/h3-4,7,9-11H,2,5-6H2,1H3. The number of morpholine rings is 1. The second-order valence-electron chi connectivity index (χ2n) is 3.37. The first kappa shape index (κ1) is 9.19. The van der Waals surface area contributed by atoms with Crippen molar-refractivity contribution in [2.45, 2.75) is 25.6 Å². The Labute approximate surface area is 82.9 Å². The number of rotatable bonds is 2. The lowest BCUT2D eigenvalue weighted by molar-refractivity contribution is -0.0397. The molecule has 0 aromatic carbocycles. The number of ether oxygens (including phenoxy) is 1. The fourth-order valence-corrected chi connectivity index (χ4v) is 2.30. The molecule has 0 amide bonds. The third-order valence-corrected chi connectivity index (χ3v) is 3.13. The fourth-order valence-electron chi connectivity index (χ4n) is 1.60. The van der Waals surface area contributed by atoms with Gasteiger partial charge in [-0.15, -0.1) is 0 Å². The number of hydrogen-bond donors (Lipinski definition) is 1. The Bertz CT molecular complexity index is 247. The number of thiophene rings is 1. The van der Waals surface area contributed by atoms with Crippen LogP contribution in [0.2, 0.25) is 0 Å². The van der Waals surface area contributed by atoms with E-state index in [-0.39, 0.29) is 6.10 Å². The minimum absolute atomic E-state index is 0.268. The van der Waals surface area contributed by atoms with Crippen molar-refractivity contribution in [3.63, 3.8) is 0 Å². The van der Waals surface area contributed by atoms with E-state index in [2.05, 4.69) is 29.1 Å². The second kappa shape index (κ2) is 4.22. The topological polar surface area (TPSA) is 21.3 Å². The molecule has 2 unspecified atom stereocenters. The molecule has 0 saturated carbocycles. The molecule has 2 nitrogen and oxygen atoms in total. The highest BCUT2D eigenvalue weighted by Crippen LogP contribution is 2.23. The Balaban J connectivity index is 2.00. The molecule has 0 bridgehead atoms. The van der Waals surface area contributed by atoms with Crippen molar-refractivity contribution in [3.05, 3.63) is 22.4 Å². The van der Waals surface area contributed by atoms with E-state index >= 15 is 0 Å². The summed E-state index contributed by atoms with van der Waals surface area (Å²) in [5.74, 6) is 0. The first-order valence-electron chi connectivity index (χ1n) is 4.78. The summed E-state index contributed by atoms with van der Waals surface area (Å²) in [5.41, 5.74) is 1.32. The van der Waals surface area contributed by atoms with Crippen LogP contribution in [0.4, 0.5) is 0 Å². The molecule has 1 aliphatic rings. The number of hydrogen-bond acceptors (Lipinski definition) is 3. The highest BCUT2D eigenvalue weighted by molar-refractivity contribution is 7.07. The highest BCUT2D eigenvalue weighted by atomic mass is 32.1. The van der Waals surface area contributed by atoms with Gasteiger partial charge in [0, 0.05) is 13.1 Å². The molecule has 72 valence electrons. The Kier molecular flexibility index (Phi) is 2.98. The van der Waals surface area contributed by atoms with Gasteiger partial charge in [0.1, 0.15) is 0 Å². The summed E-state index contributed by atoms with van der Waals surface area (Å²) in [7, 11) is 0. The number of nitrogens with one attached hydrogen (secondary N) is 1. The molecule has 1 saturated heterocycles. The van der Waals surface area contributed by atoms with E-state index in [4.69, 9.17) is 4.74 Å². The minimum atomic E-state index is 0.268. The van der Waals surface area contributed by atoms with E-state index < -0.39 is 0 Å². The lowest BCUT2D eigenvalue weighted by Crippen LogP contribution is -2.40. The molecule has 1 N–H and O–H groups in total. The van der Waals surface area contributed by atoms with Crippen molar-refractivity contribution in [2.24, 2.45) is 0 Å². The predicted molar refractivity (Wildman–Crippen MR) is 55.1 cm³/mol. The van der Waals surface area contributed by atoms with Gasteiger partial charge in [-0.2, -0.15) is 11.3 Å². The molecule has 1 aliphatic heterocycles. The molecular weight excluding hydrogens is 182 g/mol. The molecule has 1 fully saturated rings. The first-order valence-corrected chi connectivity index (χ1v) is 5.72. The Morgan fingerprint density at radius 3 is 3.23 bits per heavy atom. The van der Waals surface area contributed by atoms with Crippen LogP contribution in [-0.2, 0) is 4.74 Å². The van der Waals surface area contributed by atoms with Gasteiger partial charge in [-0.25, -0.2) is 0 Å². The van der Waals surface area contributed by atoms with Gasteiger partial charge in [0.05, 0.1) is 12.2 Å². The van der Waals surface area contributed by atoms with Crippen LogP contribution in [0.5, 0.6) is 0 Å². The van der Waals surface area contributed by atoms with Crippen LogP contribution < -0.4 is 5.32 Å². The van der Waals surface area contributed by atoms with Crippen molar-refractivity contribution < 1.29 is 4.74 Å². The normalized spacial score (nSPS) is 29.0. The zero-order valence-corrected chi connectivity index (χ0v) is 8.64. The average Bonchev–Trinajstić information content (AvgIpc) is 2.71. The van der Waals surface area contributed by atoms with Gasteiger partial charge in [-0.05, 0) is 28.8 Å². The van der Waals surface area contributed by atoms with Crippen LogP contribution in [0, 0.1) is 0 Å². The molecule has 0 radical (unpaired) electrons. The Morgan fingerprint density at radius 1 is 1.62 bits per heavy atom. The quantitative estimate of drug-likeness (QED) is 0.784. The molecule has 2 heterocycles. The first-order chi connectivity index (χ1) is 6.40. The molecule has 2 atom stereocenters. The summed E-state index contributed by atoms with van der Waals surface area (Å²) in [4.78, 5) is 0. The summed E-state index contributed by atoms with van der Waals surface area (Å²) in [5, 5.41) is 7.68. The lowest BCUT2D eigenvalue weighted by atomic mass is 10.1. The largest absolute Gasteiger partial charge is 0.368 e. The predicted octanol–water partition coefficient (Wildman–Crippen LogP) is 2.19.